The number of aromatic nitrogens is 5. The third-order valence-corrected chi connectivity index (χ3v) is 8.98. The van der Waals surface area contributed by atoms with Crippen LogP contribution >= 0.6 is 11.6 Å². The zero-order valence-corrected chi connectivity index (χ0v) is 26.5. The standard InChI is InChI=1S/C33H34ClFN8O3/c1-17(44)38-29-12-24(34)23(13-37-29)25-7-6-19-9-27(43(31(19)39-25)14-18-4-5-18)32-40-26-8-20(10-28(46-3)30(26)41(32)2)33(45)42-15-21(35)11-22(36)16-42/h6-10,12-13,18,21-22H,4-5,11,14-16,36H2,1-3H3,(H,37,38,44)/t21-,22-/m1/s1. The Morgan fingerprint density at radius 3 is 2.65 bits per heavy atom. The second-order valence-corrected chi connectivity index (χ2v) is 12.7. The molecule has 2 amide bonds. The predicted molar refractivity (Wildman–Crippen MR) is 175 cm³/mol. The van der Waals surface area contributed by atoms with E-state index in [1.807, 2.05) is 23.7 Å². The number of nitrogens with zero attached hydrogens (tertiary/aromatic N) is 6. The van der Waals surface area contributed by atoms with Crippen molar-refractivity contribution in [1.82, 2.24) is 29.0 Å². The molecule has 13 heteroatoms. The number of aryl methyl sites for hydroxylation is 1. The molecular formula is C33H34ClFN8O3. The maximum Gasteiger partial charge on any atom is 0.254 e. The van der Waals surface area contributed by atoms with Crippen LogP contribution < -0.4 is 15.8 Å². The summed E-state index contributed by atoms with van der Waals surface area (Å²) in [5, 5.41) is 4.01. The van der Waals surface area contributed by atoms with Crippen molar-refractivity contribution in [3.05, 3.63) is 53.2 Å². The summed E-state index contributed by atoms with van der Waals surface area (Å²) in [7, 11) is 3.48. The minimum Gasteiger partial charge on any atom is -0.494 e. The van der Waals surface area contributed by atoms with Crippen molar-refractivity contribution >= 4 is 51.3 Å². The maximum absolute atomic E-state index is 14.3. The third-order valence-electron chi connectivity index (χ3n) is 8.66. The van der Waals surface area contributed by atoms with Gasteiger partial charge in [0.15, 0.2) is 5.82 Å². The van der Waals surface area contributed by atoms with Gasteiger partial charge in [-0.3, -0.25) is 9.59 Å². The molecule has 1 aromatic carbocycles. The van der Waals surface area contributed by atoms with Crippen molar-refractivity contribution in [2.24, 2.45) is 18.7 Å². The van der Waals surface area contributed by atoms with Gasteiger partial charge in [-0.1, -0.05) is 11.6 Å². The van der Waals surface area contributed by atoms with Crippen LogP contribution in [0.25, 0.3) is 44.8 Å². The van der Waals surface area contributed by atoms with Crippen molar-refractivity contribution in [3.63, 3.8) is 0 Å². The number of alkyl halides is 1. The van der Waals surface area contributed by atoms with Crippen LogP contribution in [0.15, 0.2) is 42.6 Å². The fraction of sp³-hybridized carbons (Fsp3) is 0.364. The fourth-order valence-corrected chi connectivity index (χ4v) is 6.56. The Kier molecular flexibility index (Phi) is 7.64. The molecule has 1 saturated carbocycles. The number of hydrogen-bond acceptors (Lipinski definition) is 7. The molecule has 11 nitrogen and oxygen atoms in total. The molecule has 4 aromatic heterocycles. The number of amides is 2. The van der Waals surface area contributed by atoms with E-state index in [1.54, 1.807) is 31.5 Å². The van der Waals surface area contributed by atoms with Gasteiger partial charge in [0.2, 0.25) is 5.91 Å². The topological polar surface area (TPSA) is 133 Å². The van der Waals surface area contributed by atoms with E-state index in [4.69, 9.17) is 32.0 Å². The van der Waals surface area contributed by atoms with Crippen LogP contribution in [0.2, 0.25) is 5.02 Å². The maximum atomic E-state index is 14.3. The van der Waals surface area contributed by atoms with Crippen LogP contribution in [0.4, 0.5) is 10.2 Å². The number of nitrogens with two attached hydrogens (primary N) is 1. The lowest BCUT2D eigenvalue weighted by Gasteiger charge is -2.33. The number of fused-ring (bicyclic) bond motifs is 2. The number of anilines is 1. The smallest absolute Gasteiger partial charge is 0.254 e. The van der Waals surface area contributed by atoms with Gasteiger partial charge in [0, 0.05) is 61.9 Å². The second-order valence-electron chi connectivity index (χ2n) is 12.3. The van der Waals surface area contributed by atoms with E-state index >= 15 is 0 Å². The number of piperidine rings is 1. The van der Waals surface area contributed by atoms with Crippen LogP contribution in [0, 0.1) is 5.92 Å². The van der Waals surface area contributed by atoms with Crippen molar-refractivity contribution in [3.8, 4) is 28.5 Å². The van der Waals surface area contributed by atoms with Gasteiger partial charge >= 0.3 is 0 Å². The van der Waals surface area contributed by atoms with Gasteiger partial charge in [0.25, 0.3) is 5.91 Å². The Balaban J connectivity index is 1.32. The van der Waals surface area contributed by atoms with Crippen LogP contribution in [-0.2, 0) is 18.4 Å². The lowest BCUT2D eigenvalue weighted by molar-refractivity contribution is -0.114. The first-order valence-electron chi connectivity index (χ1n) is 15.3. The molecule has 3 N–H and O–H groups in total. The van der Waals surface area contributed by atoms with Gasteiger partial charge in [-0.2, -0.15) is 0 Å². The van der Waals surface area contributed by atoms with Gasteiger partial charge in [-0.15, -0.1) is 0 Å². The molecular weight excluding hydrogens is 611 g/mol. The summed E-state index contributed by atoms with van der Waals surface area (Å²) in [5.74, 6) is 1.56. The summed E-state index contributed by atoms with van der Waals surface area (Å²) in [6.45, 7) is 2.49. The van der Waals surface area contributed by atoms with Gasteiger partial charge in [-0.25, -0.2) is 19.3 Å². The molecule has 238 valence electrons. The van der Waals surface area contributed by atoms with E-state index in [0.717, 1.165) is 41.6 Å². The molecule has 7 rings (SSSR count). The number of halogens is 2. The summed E-state index contributed by atoms with van der Waals surface area (Å²) in [6, 6.07) is 10.6. The predicted octanol–water partition coefficient (Wildman–Crippen LogP) is 5.19. The third kappa shape index (κ3) is 5.56. The molecule has 2 fully saturated rings. The van der Waals surface area contributed by atoms with Crippen molar-refractivity contribution in [2.45, 2.75) is 44.9 Å². The number of hydrogen-bond donors (Lipinski definition) is 2. The monoisotopic (exact) mass is 644 g/mol. The average Bonchev–Trinajstić information content (AvgIpc) is 3.68. The molecule has 1 aliphatic heterocycles. The fourth-order valence-electron chi connectivity index (χ4n) is 6.32. The highest BCUT2D eigenvalue weighted by Gasteiger charge is 2.31. The first-order chi connectivity index (χ1) is 22.1. The van der Waals surface area contributed by atoms with Gasteiger partial charge in [0.1, 0.15) is 28.9 Å². The van der Waals surface area contributed by atoms with E-state index < -0.39 is 12.2 Å². The van der Waals surface area contributed by atoms with Gasteiger partial charge in [-0.05, 0) is 55.5 Å². The van der Waals surface area contributed by atoms with Crippen molar-refractivity contribution < 1.29 is 18.7 Å². The van der Waals surface area contributed by atoms with Crippen LogP contribution in [0.3, 0.4) is 0 Å². The zero-order chi connectivity index (χ0) is 32.3. The first kappa shape index (κ1) is 30.1. The summed E-state index contributed by atoms with van der Waals surface area (Å²) >= 11 is 6.61. The number of likely N-dealkylation sites (tertiary alicyclic amines) is 1. The highest BCUT2D eigenvalue weighted by molar-refractivity contribution is 6.33. The average molecular weight is 645 g/mol. The zero-order valence-electron chi connectivity index (χ0n) is 25.8. The number of ether oxygens (including phenoxy) is 1. The SMILES string of the molecule is COc1cc(C(=O)N2C[C@H](N)C[C@@H](F)C2)cc2nc(-c3cc4ccc(-c5cnc(NC(C)=O)cc5Cl)nc4n3CC3CC3)n(C)c12. The summed E-state index contributed by atoms with van der Waals surface area (Å²) in [5.41, 5.74) is 10.7. The number of rotatable bonds is 7. The molecule has 2 atom stereocenters. The molecule has 0 radical (unpaired) electrons. The number of pyridine rings is 2. The highest BCUT2D eigenvalue weighted by atomic mass is 35.5. The Bertz CT molecular complexity index is 2010. The minimum absolute atomic E-state index is 0.0112. The largest absolute Gasteiger partial charge is 0.494 e. The first-order valence-corrected chi connectivity index (χ1v) is 15.6. The molecule has 2 aliphatic rings. The van der Waals surface area contributed by atoms with E-state index in [2.05, 4.69) is 20.9 Å². The molecule has 1 aliphatic carbocycles. The number of nitrogens with one attached hydrogen (secondary N) is 1. The minimum atomic E-state index is -1.15. The Hall–Kier alpha value is -4.55. The molecule has 0 unspecified atom stereocenters. The summed E-state index contributed by atoms with van der Waals surface area (Å²) in [6.07, 6.45) is 2.98. The Labute approximate surface area is 269 Å². The van der Waals surface area contributed by atoms with Gasteiger partial charge in [0.05, 0.1) is 35.6 Å². The number of methoxy groups -OCH3 is 1. The van der Waals surface area contributed by atoms with Crippen LogP contribution in [-0.4, -0.2) is 73.2 Å². The molecule has 5 aromatic rings. The van der Waals surface area contributed by atoms with E-state index in [9.17, 15) is 14.0 Å². The lowest BCUT2D eigenvalue weighted by Crippen LogP contribution is -2.50. The second kappa shape index (κ2) is 11.7. The number of imidazole rings is 1. The summed E-state index contributed by atoms with van der Waals surface area (Å²) < 4.78 is 24.2. The number of carbonyl (C=O) groups is 2. The van der Waals surface area contributed by atoms with E-state index in [0.29, 0.717) is 57.2 Å². The normalized spacial score (nSPS) is 18.3. The number of benzene rings is 1. The molecule has 0 spiro atoms. The molecule has 5 heterocycles. The molecule has 46 heavy (non-hydrogen) atoms. The van der Waals surface area contributed by atoms with Gasteiger partial charge < -0.3 is 29.8 Å². The molecule has 0 bridgehead atoms. The summed E-state index contributed by atoms with van der Waals surface area (Å²) in [4.78, 5) is 40.8. The van der Waals surface area contributed by atoms with E-state index in [-0.39, 0.29) is 24.8 Å². The quantitative estimate of drug-likeness (QED) is 0.249. The highest BCUT2D eigenvalue weighted by Crippen LogP contribution is 2.39. The lowest BCUT2D eigenvalue weighted by atomic mass is 10.0. The Morgan fingerprint density at radius 1 is 1.15 bits per heavy atom. The Morgan fingerprint density at radius 2 is 1.96 bits per heavy atom. The number of carbonyl (C=O) groups excluding carboxylic acids is 2. The molecule has 1 saturated heterocycles. The van der Waals surface area contributed by atoms with Crippen LogP contribution in [0.5, 0.6) is 5.75 Å². The van der Waals surface area contributed by atoms with Crippen molar-refractivity contribution in [1.29, 1.82) is 0 Å². The van der Waals surface area contributed by atoms with E-state index in [1.165, 1.54) is 11.8 Å². The van der Waals surface area contributed by atoms with Crippen molar-refractivity contribution in [2.75, 3.05) is 25.5 Å². The van der Waals surface area contributed by atoms with Crippen LogP contribution in [0.1, 0.15) is 36.5 Å².